The molecule has 0 atom stereocenters. The van der Waals surface area contributed by atoms with E-state index in [1.807, 2.05) is 23.7 Å². The van der Waals surface area contributed by atoms with Crippen molar-refractivity contribution >= 4 is 5.97 Å². The summed E-state index contributed by atoms with van der Waals surface area (Å²) in [6.07, 6.45) is 3.05. The van der Waals surface area contributed by atoms with Crippen LogP contribution in [0.15, 0.2) is 24.4 Å². The number of hydrogen-bond donors (Lipinski definition) is 1. The third kappa shape index (κ3) is 2.99. The summed E-state index contributed by atoms with van der Waals surface area (Å²) in [6.45, 7) is 8.31. The Kier molecular flexibility index (Phi) is 4.46. The van der Waals surface area contributed by atoms with Crippen LogP contribution in [-0.2, 0) is 12.8 Å². The van der Waals surface area contributed by atoms with Gasteiger partial charge in [0.25, 0.3) is 0 Å². The third-order valence-electron chi connectivity index (χ3n) is 3.61. The van der Waals surface area contributed by atoms with Crippen molar-refractivity contribution < 1.29 is 9.90 Å². The maximum absolute atomic E-state index is 11.4. The summed E-state index contributed by atoms with van der Waals surface area (Å²) in [4.78, 5) is 11.4. The first-order valence-corrected chi connectivity index (χ1v) is 7.34. The average Bonchev–Trinajstić information content (AvgIpc) is 2.81. The van der Waals surface area contributed by atoms with Crippen molar-refractivity contribution in [2.45, 2.75) is 40.5 Å². The lowest BCUT2D eigenvalue weighted by Gasteiger charge is -2.16. The van der Waals surface area contributed by atoms with Crippen molar-refractivity contribution in [3.63, 3.8) is 0 Å². The van der Waals surface area contributed by atoms with Crippen LogP contribution in [-0.4, -0.2) is 20.9 Å². The second-order valence-corrected chi connectivity index (χ2v) is 5.76. The standard InChI is InChI=1S/C17H22N2O2/c1-5-13-8-6-7-12(4)16(13)19-15(9-11(2)3)14(10-18-19)17(20)21/h6-8,10-11H,5,9H2,1-4H3,(H,20,21). The Morgan fingerprint density at radius 3 is 2.67 bits per heavy atom. The first-order chi connectivity index (χ1) is 9.95. The number of nitrogens with zero attached hydrogens (tertiary/aromatic N) is 2. The molecule has 2 aromatic rings. The maximum atomic E-state index is 11.4. The molecule has 4 nitrogen and oxygen atoms in total. The predicted octanol–water partition coefficient (Wildman–Crippen LogP) is 3.64. The number of carboxylic acids is 1. The van der Waals surface area contributed by atoms with Crippen LogP contribution in [0.3, 0.4) is 0 Å². The summed E-state index contributed by atoms with van der Waals surface area (Å²) < 4.78 is 1.82. The number of carboxylic acid groups (broad SMARTS) is 1. The summed E-state index contributed by atoms with van der Waals surface area (Å²) in [5.41, 5.74) is 4.39. The van der Waals surface area contributed by atoms with Crippen molar-refractivity contribution in [3.05, 3.63) is 46.8 Å². The number of benzene rings is 1. The van der Waals surface area contributed by atoms with Crippen molar-refractivity contribution in [2.24, 2.45) is 5.92 Å². The number of carbonyl (C=O) groups is 1. The zero-order valence-electron chi connectivity index (χ0n) is 13.1. The molecule has 1 aromatic carbocycles. The third-order valence-corrected chi connectivity index (χ3v) is 3.61. The van der Waals surface area contributed by atoms with E-state index in [0.717, 1.165) is 23.4 Å². The van der Waals surface area contributed by atoms with Crippen LogP contribution in [0.1, 0.15) is 48.0 Å². The molecule has 0 saturated carbocycles. The van der Waals surface area contributed by atoms with Crippen LogP contribution in [0.2, 0.25) is 0 Å². The van der Waals surface area contributed by atoms with Gasteiger partial charge in [0.05, 0.1) is 17.6 Å². The Hall–Kier alpha value is -2.10. The SMILES string of the molecule is CCc1cccc(C)c1-n1ncc(C(=O)O)c1CC(C)C. The average molecular weight is 286 g/mol. The molecule has 112 valence electrons. The van der Waals surface area contributed by atoms with Gasteiger partial charge in [-0.25, -0.2) is 9.48 Å². The van der Waals surface area contributed by atoms with E-state index in [9.17, 15) is 9.90 Å². The summed E-state index contributed by atoms with van der Waals surface area (Å²) in [5, 5.41) is 13.7. The highest BCUT2D eigenvalue weighted by molar-refractivity contribution is 5.88. The van der Waals surface area contributed by atoms with Crippen molar-refractivity contribution in [1.29, 1.82) is 0 Å². The van der Waals surface area contributed by atoms with E-state index < -0.39 is 5.97 Å². The minimum absolute atomic E-state index is 0.300. The number of rotatable bonds is 5. The molecule has 2 rings (SSSR count). The molecule has 1 heterocycles. The Morgan fingerprint density at radius 2 is 2.10 bits per heavy atom. The molecule has 0 aliphatic rings. The summed E-state index contributed by atoms with van der Waals surface area (Å²) in [6, 6.07) is 6.14. The van der Waals surface area contributed by atoms with Gasteiger partial charge in [-0.05, 0) is 36.8 Å². The molecule has 0 fully saturated rings. The molecule has 1 N–H and O–H groups in total. The van der Waals surface area contributed by atoms with E-state index in [4.69, 9.17) is 0 Å². The van der Waals surface area contributed by atoms with Crippen LogP contribution in [0.25, 0.3) is 5.69 Å². The van der Waals surface area contributed by atoms with Gasteiger partial charge in [-0.1, -0.05) is 39.0 Å². The molecule has 21 heavy (non-hydrogen) atoms. The first kappa shape index (κ1) is 15.3. The molecule has 4 heteroatoms. The highest BCUT2D eigenvalue weighted by Gasteiger charge is 2.20. The molecule has 0 aliphatic heterocycles. The van der Waals surface area contributed by atoms with Gasteiger partial charge in [0.2, 0.25) is 0 Å². The molecule has 0 amide bonds. The molecule has 0 bridgehead atoms. The molecule has 0 spiro atoms. The van der Waals surface area contributed by atoms with E-state index in [-0.39, 0.29) is 0 Å². The molecule has 0 unspecified atom stereocenters. The van der Waals surface area contributed by atoms with Crippen LogP contribution in [0, 0.1) is 12.8 Å². The number of aryl methyl sites for hydroxylation is 2. The largest absolute Gasteiger partial charge is 0.478 e. The fourth-order valence-corrected chi connectivity index (χ4v) is 2.64. The van der Waals surface area contributed by atoms with E-state index in [1.54, 1.807) is 0 Å². The molecule has 1 aromatic heterocycles. The van der Waals surface area contributed by atoms with Gasteiger partial charge in [-0.2, -0.15) is 5.10 Å². The monoisotopic (exact) mass is 286 g/mol. The molecular formula is C17H22N2O2. The van der Waals surface area contributed by atoms with E-state index in [0.29, 0.717) is 17.9 Å². The number of aromatic carboxylic acids is 1. The molecular weight excluding hydrogens is 264 g/mol. The fraction of sp³-hybridized carbons (Fsp3) is 0.412. The van der Waals surface area contributed by atoms with Gasteiger partial charge in [-0.15, -0.1) is 0 Å². The Labute approximate surface area is 125 Å². The summed E-state index contributed by atoms with van der Waals surface area (Å²) >= 11 is 0. The second kappa shape index (κ2) is 6.12. The normalized spacial score (nSPS) is 11.1. The molecule has 0 saturated heterocycles. The minimum Gasteiger partial charge on any atom is -0.478 e. The fourth-order valence-electron chi connectivity index (χ4n) is 2.64. The number of para-hydroxylation sites is 1. The van der Waals surface area contributed by atoms with Gasteiger partial charge >= 0.3 is 5.97 Å². The Morgan fingerprint density at radius 1 is 1.38 bits per heavy atom. The zero-order valence-corrected chi connectivity index (χ0v) is 13.1. The lowest BCUT2D eigenvalue weighted by molar-refractivity contribution is 0.0695. The second-order valence-electron chi connectivity index (χ2n) is 5.76. The lowest BCUT2D eigenvalue weighted by Crippen LogP contribution is -2.12. The highest BCUT2D eigenvalue weighted by atomic mass is 16.4. The van der Waals surface area contributed by atoms with Gasteiger partial charge in [0, 0.05) is 0 Å². The van der Waals surface area contributed by atoms with Crippen LogP contribution < -0.4 is 0 Å². The quantitative estimate of drug-likeness (QED) is 0.913. The minimum atomic E-state index is -0.913. The Bertz CT molecular complexity index is 657. The van der Waals surface area contributed by atoms with Crippen molar-refractivity contribution in [1.82, 2.24) is 9.78 Å². The van der Waals surface area contributed by atoms with Gasteiger partial charge in [0.1, 0.15) is 5.56 Å². The Balaban J connectivity index is 2.67. The van der Waals surface area contributed by atoms with Gasteiger partial charge < -0.3 is 5.11 Å². The highest BCUT2D eigenvalue weighted by Crippen LogP contribution is 2.24. The summed E-state index contributed by atoms with van der Waals surface area (Å²) in [5.74, 6) is -0.545. The van der Waals surface area contributed by atoms with Gasteiger partial charge in [0.15, 0.2) is 0 Å². The van der Waals surface area contributed by atoms with E-state index in [1.165, 1.54) is 11.8 Å². The van der Waals surface area contributed by atoms with Crippen molar-refractivity contribution in [2.75, 3.05) is 0 Å². The number of hydrogen-bond acceptors (Lipinski definition) is 2. The smallest absolute Gasteiger partial charge is 0.339 e. The lowest BCUT2D eigenvalue weighted by atomic mass is 10.0. The summed E-state index contributed by atoms with van der Waals surface area (Å²) in [7, 11) is 0. The molecule has 0 radical (unpaired) electrons. The topological polar surface area (TPSA) is 55.1 Å². The first-order valence-electron chi connectivity index (χ1n) is 7.34. The van der Waals surface area contributed by atoms with Gasteiger partial charge in [-0.3, -0.25) is 0 Å². The predicted molar refractivity (Wildman–Crippen MR) is 83.2 cm³/mol. The van der Waals surface area contributed by atoms with Crippen molar-refractivity contribution in [3.8, 4) is 5.69 Å². The number of aromatic nitrogens is 2. The zero-order chi connectivity index (χ0) is 15.6. The van der Waals surface area contributed by atoms with Crippen LogP contribution in [0.5, 0.6) is 0 Å². The maximum Gasteiger partial charge on any atom is 0.339 e. The van der Waals surface area contributed by atoms with E-state index >= 15 is 0 Å². The van der Waals surface area contributed by atoms with E-state index in [2.05, 4.69) is 31.9 Å². The van der Waals surface area contributed by atoms with Crippen LogP contribution >= 0.6 is 0 Å². The molecule has 0 aliphatic carbocycles. The van der Waals surface area contributed by atoms with Crippen LogP contribution in [0.4, 0.5) is 0 Å².